The fraction of sp³-hybridized carbons (Fsp3) is 0.207. The lowest BCUT2D eigenvalue weighted by atomic mass is 10.00. The molecule has 1 amide bonds. The average molecular weight is 493 g/mol. The van der Waals surface area contributed by atoms with Crippen molar-refractivity contribution in [1.82, 2.24) is 10.6 Å². The zero-order chi connectivity index (χ0) is 25.7. The Morgan fingerprint density at radius 3 is 2.36 bits per heavy atom. The number of halogens is 3. The summed E-state index contributed by atoms with van der Waals surface area (Å²) in [7, 11) is 1.52. The smallest absolute Gasteiger partial charge is 0.416 e. The number of hydrogen-bond acceptors (Lipinski definition) is 3. The fourth-order valence-electron chi connectivity index (χ4n) is 4.16. The van der Waals surface area contributed by atoms with Gasteiger partial charge in [-0.15, -0.1) is 0 Å². The molecule has 0 aliphatic carbocycles. The van der Waals surface area contributed by atoms with E-state index in [4.69, 9.17) is 4.74 Å². The summed E-state index contributed by atoms with van der Waals surface area (Å²) >= 11 is 0. The van der Waals surface area contributed by atoms with Crippen LogP contribution in [0.25, 0.3) is 21.9 Å². The summed E-state index contributed by atoms with van der Waals surface area (Å²) in [6, 6.07) is 24.4. The van der Waals surface area contributed by atoms with Crippen molar-refractivity contribution in [2.75, 3.05) is 20.2 Å². The molecule has 0 aliphatic heterocycles. The molecule has 0 heterocycles. The van der Waals surface area contributed by atoms with Crippen LogP contribution in [0.2, 0.25) is 0 Å². The third kappa shape index (κ3) is 5.86. The highest BCUT2D eigenvalue weighted by Crippen LogP contribution is 2.32. The molecule has 0 aliphatic rings. The molecule has 36 heavy (non-hydrogen) atoms. The van der Waals surface area contributed by atoms with Crippen LogP contribution >= 0.6 is 0 Å². The molecular formula is C29H27F3N2O2. The number of alkyl halides is 3. The summed E-state index contributed by atoms with van der Waals surface area (Å²) in [4.78, 5) is 12.3. The van der Waals surface area contributed by atoms with E-state index < -0.39 is 11.7 Å². The minimum Gasteiger partial charge on any atom is -0.492 e. The van der Waals surface area contributed by atoms with Crippen molar-refractivity contribution in [3.05, 3.63) is 102 Å². The normalized spacial score (nSPS) is 12.4. The number of nitrogens with one attached hydrogen (secondary N) is 2. The van der Waals surface area contributed by atoms with Crippen molar-refractivity contribution < 1.29 is 22.7 Å². The highest BCUT2D eigenvalue weighted by molar-refractivity contribution is 5.96. The van der Waals surface area contributed by atoms with E-state index in [2.05, 4.69) is 41.8 Å². The third-order valence-corrected chi connectivity index (χ3v) is 6.05. The molecule has 186 valence electrons. The van der Waals surface area contributed by atoms with Gasteiger partial charge < -0.3 is 15.4 Å². The van der Waals surface area contributed by atoms with Crippen LogP contribution < -0.4 is 15.4 Å². The Kier molecular flexibility index (Phi) is 7.60. The Balaban J connectivity index is 1.46. The van der Waals surface area contributed by atoms with Crippen LogP contribution in [0.15, 0.2) is 84.9 Å². The molecule has 0 aromatic heterocycles. The van der Waals surface area contributed by atoms with E-state index in [1.165, 1.54) is 35.5 Å². The molecule has 2 N–H and O–H groups in total. The van der Waals surface area contributed by atoms with E-state index in [0.29, 0.717) is 35.6 Å². The van der Waals surface area contributed by atoms with Crippen molar-refractivity contribution in [2.45, 2.75) is 19.1 Å². The van der Waals surface area contributed by atoms with Gasteiger partial charge in [0.1, 0.15) is 12.4 Å². The largest absolute Gasteiger partial charge is 0.492 e. The van der Waals surface area contributed by atoms with Gasteiger partial charge in [-0.3, -0.25) is 4.79 Å². The van der Waals surface area contributed by atoms with Crippen LogP contribution in [-0.2, 0) is 6.18 Å². The van der Waals surface area contributed by atoms with Gasteiger partial charge >= 0.3 is 6.18 Å². The van der Waals surface area contributed by atoms with Gasteiger partial charge in [0.25, 0.3) is 5.91 Å². The number of amides is 1. The first-order valence-electron chi connectivity index (χ1n) is 11.6. The molecule has 4 nitrogen and oxygen atoms in total. The molecule has 4 aromatic carbocycles. The van der Waals surface area contributed by atoms with Gasteiger partial charge in [-0.2, -0.15) is 13.2 Å². The molecule has 4 rings (SSSR count). The molecule has 7 heteroatoms. The Morgan fingerprint density at radius 2 is 1.64 bits per heavy atom. The number of hydrogen-bond donors (Lipinski definition) is 2. The number of rotatable bonds is 8. The van der Waals surface area contributed by atoms with Crippen molar-refractivity contribution in [3.63, 3.8) is 0 Å². The molecule has 0 saturated heterocycles. The van der Waals surface area contributed by atoms with E-state index in [0.717, 1.165) is 12.1 Å². The van der Waals surface area contributed by atoms with Crippen LogP contribution in [0.5, 0.6) is 5.75 Å². The first kappa shape index (κ1) is 25.3. The predicted octanol–water partition coefficient (Wildman–Crippen LogP) is 6.61. The highest BCUT2D eigenvalue weighted by atomic mass is 19.4. The molecule has 0 fully saturated rings. The zero-order valence-electron chi connectivity index (χ0n) is 20.0. The lowest BCUT2D eigenvalue weighted by molar-refractivity contribution is -0.137. The maximum absolute atomic E-state index is 12.9. The van der Waals surface area contributed by atoms with Gasteiger partial charge in [-0.25, -0.2) is 0 Å². The van der Waals surface area contributed by atoms with Crippen LogP contribution in [0.1, 0.15) is 34.5 Å². The zero-order valence-corrected chi connectivity index (χ0v) is 20.0. The minimum atomic E-state index is -4.41. The maximum atomic E-state index is 12.9. The van der Waals surface area contributed by atoms with E-state index in [1.807, 2.05) is 18.2 Å². The molecule has 0 radical (unpaired) electrons. The third-order valence-electron chi connectivity index (χ3n) is 6.05. The second-order valence-corrected chi connectivity index (χ2v) is 8.49. The second-order valence-electron chi connectivity index (χ2n) is 8.49. The molecule has 4 aromatic rings. The Labute approximate surface area is 208 Å². The lowest BCUT2D eigenvalue weighted by Crippen LogP contribution is -2.24. The van der Waals surface area contributed by atoms with Crippen LogP contribution in [-0.4, -0.2) is 26.1 Å². The summed E-state index contributed by atoms with van der Waals surface area (Å²) in [6.45, 7) is 3.00. The summed E-state index contributed by atoms with van der Waals surface area (Å²) in [5.41, 5.74) is 1.98. The van der Waals surface area contributed by atoms with Crippen molar-refractivity contribution in [1.29, 1.82) is 0 Å². The molecule has 0 spiro atoms. The van der Waals surface area contributed by atoms with E-state index in [1.54, 1.807) is 18.2 Å². The number of carbonyl (C=O) groups is 1. The van der Waals surface area contributed by atoms with Gasteiger partial charge in [0.15, 0.2) is 0 Å². The van der Waals surface area contributed by atoms with E-state index in [-0.39, 0.29) is 11.9 Å². The van der Waals surface area contributed by atoms with Gasteiger partial charge in [0, 0.05) is 25.2 Å². The molecule has 0 saturated carbocycles. The Bertz CT molecular complexity index is 1350. The lowest BCUT2D eigenvalue weighted by Gasteiger charge is -2.17. The number of fused-ring (bicyclic) bond motifs is 1. The summed E-state index contributed by atoms with van der Waals surface area (Å²) in [5.74, 6) is 0.155. The second kappa shape index (κ2) is 10.8. The Morgan fingerprint density at radius 1 is 0.917 bits per heavy atom. The summed E-state index contributed by atoms with van der Waals surface area (Å²) in [6.07, 6.45) is -4.41. The SMILES string of the molecule is CNC(=O)c1cc(OCCN[C@H](C)c2cccc3ccccc23)cc(-c2ccc(C(F)(F)F)cc2)c1. The fourth-order valence-corrected chi connectivity index (χ4v) is 4.16. The van der Waals surface area contributed by atoms with Crippen molar-refractivity contribution in [3.8, 4) is 16.9 Å². The van der Waals surface area contributed by atoms with Gasteiger partial charge in [0.05, 0.1) is 5.56 Å². The van der Waals surface area contributed by atoms with Gasteiger partial charge in [-0.05, 0) is 64.7 Å². The monoisotopic (exact) mass is 492 g/mol. The highest BCUT2D eigenvalue weighted by Gasteiger charge is 2.30. The number of ether oxygens (including phenoxy) is 1. The summed E-state index contributed by atoms with van der Waals surface area (Å²) in [5, 5.41) is 8.42. The van der Waals surface area contributed by atoms with Gasteiger partial charge in [0.2, 0.25) is 0 Å². The van der Waals surface area contributed by atoms with Gasteiger partial charge in [-0.1, -0.05) is 54.6 Å². The molecular weight excluding hydrogens is 465 g/mol. The first-order valence-corrected chi connectivity index (χ1v) is 11.6. The van der Waals surface area contributed by atoms with Crippen molar-refractivity contribution in [2.24, 2.45) is 0 Å². The Hall–Kier alpha value is -3.84. The van der Waals surface area contributed by atoms with Crippen LogP contribution in [0, 0.1) is 0 Å². The predicted molar refractivity (Wildman–Crippen MR) is 136 cm³/mol. The standard InChI is InChI=1S/C29H27F3N2O2/c1-19(26-9-5-7-21-6-3-4-8-27(21)26)34-14-15-36-25-17-22(16-23(18-25)28(35)33-2)20-10-12-24(13-11-20)29(30,31)32/h3-13,16-19,34H,14-15H2,1-2H3,(H,33,35)/t19-/m1/s1. The minimum absolute atomic E-state index is 0.0969. The molecule has 0 unspecified atom stereocenters. The van der Waals surface area contributed by atoms with E-state index in [9.17, 15) is 18.0 Å². The van der Waals surface area contributed by atoms with E-state index >= 15 is 0 Å². The van der Waals surface area contributed by atoms with Crippen molar-refractivity contribution >= 4 is 16.7 Å². The number of carbonyl (C=O) groups excluding carboxylic acids is 1. The quantitative estimate of drug-likeness (QED) is 0.272. The summed E-state index contributed by atoms with van der Waals surface area (Å²) < 4.78 is 44.7. The number of benzene rings is 4. The average Bonchev–Trinajstić information content (AvgIpc) is 2.89. The first-order chi connectivity index (χ1) is 17.3. The topological polar surface area (TPSA) is 50.4 Å². The molecule has 1 atom stereocenters. The van der Waals surface area contributed by atoms with Crippen LogP contribution in [0.3, 0.4) is 0 Å². The maximum Gasteiger partial charge on any atom is 0.416 e. The van der Waals surface area contributed by atoms with Crippen LogP contribution in [0.4, 0.5) is 13.2 Å². The molecule has 0 bridgehead atoms.